The molecule has 2 saturated carbocycles. The minimum Gasteiger partial charge on any atom is -0.0625 e. The maximum atomic E-state index is 2.57. The summed E-state index contributed by atoms with van der Waals surface area (Å²) < 4.78 is 0. The Morgan fingerprint density at radius 3 is 1.88 bits per heavy atom. The first-order chi connectivity index (χ1) is 8.18. The molecule has 0 aromatic heterocycles. The fourth-order valence-corrected chi connectivity index (χ4v) is 4.39. The molecule has 2 aliphatic rings. The highest BCUT2D eigenvalue weighted by Crippen LogP contribution is 2.42. The molecule has 2 aliphatic carbocycles. The molecular formula is C17H32. The van der Waals surface area contributed by atoms with Gasteiger partial charge in [0.2, 0.25) is 0 Å². The second-order valence-electron chi connectivity index (χ2n) is 7.19. The Bertz CT molecular complexity index is 212. The average Bonchev–Trinajstić information content (AvgIpc) is 2.39. The topological polar surface area (TPSA) is 0 Å². The van der Waals surface area contributed by atoms with E-state index in [-0.39, 0.29) is 0 Å². The fraction of sp³-hybridized carbons (Fsp3) is 1.00. The summed E-state index contributed by atoms with van der Waals surface area (Å²) in [5.74, 6) is 5.08. The van der Waals surface area contributed by atoms with Gasteiger partial charge in [0.15, 0.2) is 0 Å². The average molecular weight is 236 g/mol. The van der Waals surface area contributed by atoms with Crippen LogP contribution < -0.4 is 0 Å². The van der Waals surface area contributed by atoms with Gasteiger partial charge in [0.05, 0.1) is 0 Å². The molecule has 100 valence electrons. The lowest BCUT2D eigenvalue weighted by molar-refractivity contribution is 0.117. The molecular weight excluding hydrogens is 204 g/mol. The van der Waals surface area contributed by atoms with Crippen LogP contribution >= 0.6 is 0 Å². The summed E-state index contributed by atoms with van der Waals surface area (Å²) in [4.78, 5) is 0. The molecule has 17 heavy (non-hydrogen) atoms. The molecule has 3 unspecified atom stereocenters. The van der Waals surface area contributed by atoms with Crippen LogP contribution in [-0.2, 0) is 0 Å². The molecule has 0 spiro atoms. The molecule has 0 heterocycles. The monoisotopic (exact) mass is 236 g/mol. The Kier molecular flexibility index (Phi) is 4.94. The van der Waals surface area contributed by atoms with E-state index in [0.717, 1.165) is 29.6 Å². The number of hydrogen-bond acceptors (Lipinski definition) is 0. The van der Waals surface area contributed by atoms with Crippen molar-refractivity contribution in [1.29, 1.82) is 0 Å². The van der Waals surface area contributed by atoms with Gasteiger partial charge < -0.3 is 0 Å². The van der Waals surface area contributed by atoms with E-state index in [1.165, 1.54) is 57.8 Å². The highest BCUT2D eigenvalue weighted by Gasteiger charge is 2.31. The van der Waals surface area contributed by atoms with Gasteiger partial charge in [0.1, 0.15) is 0 Å². The second kappa shape index (κ2) is 6.25. The second-order valence-corrected chi connectivity index (χ2v) is 7.19. The summed E-state index contributed by atoms with van der Waals surface area (Å²) in [7, 11) is 0. The highest BCUT2D eigenvalue weighted by atomic mass is 14.4. The molecule has 0 heteroatoms. The van der Waals surface area contributed by atoms with E-state index < -0.39 is 0 Å². The molecule has 2 fully saturated rings. The normalized spacial score (nSPS) is 33.9. The zero-order valence-corrected chi connectivity index (χ0v) is 12.3. The molecule has 0 radical (unpaired) electrons. The Morgan fingerprint density at radius 1 is 0.647 bits per heavy atom. The fourth-order valence-electron chi connectivity index (χ4n) is 4.39. The lowest BCUT2D eigenvalue weighted by atomic mass is 9.67. The van der Waals surface area contributed by atoms with Crippen LogP contribution in [0.2, 0.25) is 0 Å². The van der Waals surface area contributed by atoms with Crippen LogP contribution in [-0.4, -0.2) is 0 Å². The van der Waals surface area contributed by atoms with Gasteiger partial charge in [-0.1, -0.05) is 72.1 Å². The Morgan fingerprint density at radius 2 is 1.24 bits per heavy atom. The molecule has 3 atom stereocenters. The van der Waals surface area contributed by atoms with Gasteiger partial charge in [-0.25, -0.2) is 0 Å². The van der Waals surface area contributed by atoms with E-state index >= 15 is 0 Å². The Balaban J connectivity index is 1.87. The Labute approximate surface area is 109 Å². The van der Waals surface area contributed by atoms with E-state index in [1.807, 2.05) is 0 Å². The lowest BCUT2D eigenvalue weighted by Gasteiger charge is -2.39. The minimum absolute atomic E-state index is 0.913. The first kappa shape index (κ1) is 13.4. The van der Waals surface area contributed by atoms with Gasteiger partial charge in [-0.2, -0.15) is 0 Å². The van der Waals surface area contributed by atoms with E-state index in [0.29, 0.717) is 0 Å². The molecule has 0 nitrogen and oxygen atoms in total. The van der Waals surface area contributed by atoms with Crippen molar-refractivity contribution >= 4 is 0 Å². The predicted octanol–water partition coefficient (Wildman–Crippen LogP) is 5.67. The molecule has 0 aliphatic heterocycles. The quantitative estimate of drug-likeness (QED) is 0.592. The maximum Gasteiger partial charge on any atom is -0.0383 e. The largest absolute Gasteiger partial charge is 0.0625 e. The molecule has 0 N–H and O–H groups in total. The van der Waals surface area contributed by atoms with E-state index in [9.17, 15) is 0 Å². The molecule has 0 saturated heterocycles. The van der Waals surface area contributed by atoms with Gasteiger partial charge in [-0.05, 0) is 36.0 Å². The van der Waals surface area contributed by atoms with Gasteiger partial charge in [0.25, 0.3) is 0 Å². The highest BCUT2D eigenvalue weighted by molar-refractivity contribution is 4.82. The summed E-state index contributed by atoms with van der Waals surface area (Å²) in [6.07, 6.45) is 13.7. The van der Waals surface area contributed by atoms with Gasteiger partial charge in [0, 0.05) is 0 Å². The van der Waals surface area contributed by atoms with Gasteiger partial charge >= 0.3 is 0 Å². The van der Waals surface area contributed by atoms with Crippen LogP contribution in [0.5, 0.6) is 0 Å². The van der Waals surface area contributed by atoms with Crippen molar-refractivity contribution in [3.8, 4) is 0 Å². The zero-order valence-electron chi connectivity index (χ0n) is 12.3. The summed E-state index contributed by atoms with van der Waals surface area (Å²) in [6.45, 7) is 7.43. The predicted molar refractivity (Wildman–Crippen MR) is 76.0 cm³/mol. The third kappa shape index (κ3) is 3.48. The molecule has 2 rings (SSSR count). The summed E-state index contributed by atoms with van der Waals surface area (Å²) in [5.41, 5.74) is 0. The molecule has 0 bridgehead atoms. The van der Waals surface area contributed by atoms with E-state index in [1.54, 1.807) is 0 Å². The van der Waals surface area contributed by atoms with Crippen LogP contribution in [0.15, 0.2) is 0 Å². The molecule has 0 amide bonds. The van der Waals surface area contributed by atoms with Crippen molar-refractivity contribution in [2.24, 2.45) is 29.6 Å². The zero-order chi connectivity index (χ0) is 12.3. The SMILES string of the molecule is CC(C)C1CCCC(C(C)C2CCCCC2)C1. The summed E-state index contributed by atoms with van der Waals surface area (Å²) >= 11 is 0. The minimum atomic E-state index is 0.913. The Hall–Kier alpha value is 0. The van der Waals surface area contributed by atoms with Crippen molar-refractivity contribution in [2.45, 2.75) is 78.6 Å². The van der Waals surface area contributed by atoms with Crippen LogP contribution in [0.1, 0.15) is 78.6 Å². The van der Waals surface area contributed by atoms with Crippen LogP contribution in [0.25, 0.3) is 0 Å². The summed E-state index contributed by atoms with van der Waals surface area (Å²) in [6, 6.07) is 0. The lowest BCUT2D eigenvalue weighted by Crippen LogP contribution is -2.29. The van der Waals surface area contributed by atoms with Crippen LogP contribution in [0, 0.1) is 29.6 Å². The van der Waals surface area contributed by atoms with Gasteiger partial charge in [-0.3, -0.25) is 0 Å². The van der Waals surface area contributed by atoms with E-state index in [2.05, 4.69) is 20.8 Å². The van der Waals surface area contributed by atoms with Crippen LogP contribution in [0.3, 0.4) is 0 Å². The standard InChI is InChI=1S/C17H32/c1-13(2)16-10-7-11-17(12-16)14(3)15-8-5-4-6-9-15/h13-17H,4-12H2,1-3H3. The summed E-state index contributed by atoms with van der Waals surface area (Å²) in [5, 5.41) is 0. The van der Waals surface area contributed by atoms with E-state index in [4.69, 9.17) is 0 Å². The van der Waals surface area contributed by atoms with Crippen molar-refractivity contribution < 1.29 is 0 Å². The third-order valence-electron chi connectivity index (χ3n) is 5.84. The molecule has 0 aromatic carbocycles. The smallest absolute Gasteiger partial charge is 0.0383 e. The van der Waals surface area contributed by atoms with Crippen molar-refractivity contribution in [3.63, 3.8) is 0 Å². The van der Waals surface area contributed by atoms with Crippen molar-refractivity contribution in [2.75, 3.05) is 0 Å². The van der Waals surface area contributed by atoms with Gasteiger partial charge in [-0.15, -0.1) is 0 Å². The third-order valence-corrected chi connectivity index (χ3v) is 5.84. The number of rotatable bonds is 3. The maximum absolute atomic E-state index is 2.57. The van der Waals surface area contributed by atoms with Crippen molar-refractivity contribution in [3.05, 3.63) is 0 Å². The molecule has 0 aromatic rings. The van der Waals surface area contributed by atoms with Crippen LogP contribution in [0.4, 0.5) is 0 Å². The first-order valence-electron chi connectivity index (χ1n) is 8.18. The first-order valence-corrected chi connectivity index (χ1v) is 8.18. The number of hydrogen-bond donors (Lipinski definition) is 0. The van der Waals surface area contributed by atoms with Crippen molar-refractivity contribution in [1.82, 2.24) is 0 Å².